The molecule has 1 aliphatic rings. The summed E-state index contributed by atoms with van der Waals surface area (Å²) >= 11 is 0. The summed E-state index contributed by atoms with van der Waals surface area (Å²) < 4.78 is 14.7. The fourth-order valence-electron chi connectivity index (χ4n) is 3.96. The summed E-state index contributed by atoms with van der Waals surface area (Å²) in [7, 11) is 3.83. The van der Waals surface area contributed by atoms with Gasteiger partial charge in [-0.2, -0.15) is 0 Å². The van der Waals surface area contributed by atoms with Crippen LogP contribution in [0.15, 0.2) is 35.9 Å². The topological polar surface area (TPSA) is 78.9 Å². The Bertz CT molecular complexity index is 718. The number of benzene rings is 1. The van der Waals surface area contributed by atoms with Crippen LogP contribution in [0.25, 0.3) is 5.57 Å². The molecule has 146 valence electrons. The van der Waals surface area contributed by atoms with Crippen LogP contribution in [0.3, 0.4) is 0 Å². The molecule has 0 heterocycles. The molecule has 2 rings (SSSR count). The molecule has 1 atom stereocenters. The van der Waals surface area contributed by atoms with Crippen LogP contribution in [-0.2, 0) is 28.6 Å². The van der Waals surface area contributed by atoms with Gasteiger partial charge in [0.15, 0.2) is 5.41 Å². The van der Waals surface area contributed by atoms with Crippen molar-refractivity contribution in [2.75, 3.05) is 21.3 Å². The zero-order valence-corrected chi connectivity index (χ0v) is 16.2. The second-order valence-corrected chi connectivity index (χ2v) is 6.65. The molecule has 6 heteroatoms. The second-order valence-electron chi connectivity index (χ2n) is 6.65. The van der Waals surface area contributed by atoms with Crippen molar-refractivity contribution in [2.45, 2.75) is 32.6 Å². The largest absolute Gasteiger partial charge is 0.469 e. The lowest BCUT2D eigenvalue weighted by molar-refractivity contribution is -0.169. The quantitative estimate of drug-likeness (QED) is 0.432. The number of carbonyl (C=O) groups is 3. The highest BCUT2D eigenvalue weighted by Crippen LogP contribution is 2.51. The van der Waals surface area contributed by atoms with Gasteiger partial charge in [-0.1, -0.05) is 42.8 Å². The normalized spacial score (nSPS) is 19.9. The van der Waals surface area contributed by atoms with Crippen molar-refractivity contribution in [2.24, 2.45) is 11.3 Å². The van der Waals surface area contributed by atoms with Crippen LogP contribution < -0.4 is 0 Å². The summed E-state index contributed by atoms with van der Waals surface area (Å²) in [5.74, 6) is -1.96. The number of allylic oxidation sites excluding steroid dienone is 2. The van der Waals surface area contributed by atoms with Gasteiger partial charge in [0.05, 0.1) is 27.8 Å². The van der Waals surface area contributed by atoms with Crippen molar-refractivity contribution in [3.8, 4) is 0 Å². The Labute approximate surface area is 159 Å². The van der Waals surface area contributed by atoms with Crippen LogP contribution in [0.4, 0.5) is 0 Å². The predicted octanol–water partition coefficient (Wildman–Crippen LogP) is 3.16. The van der Waals surface area contributed by atoms with Crippen molar-refractivity contribution < 1.29 is 28.6 Å². The third-order valence-corrected chi connectivity index (χ3v) is 5.24. The molecule has 1 aliphatic carbocycles. The Morgan fingerprint density at radius 3 is 2.07 bits per heavy atom. The Morgan fingerprint density at radius 1 is 1.00 bits per heavy atom. The van der Waals surface area contributed by atoms with Crippen molar-refractivity contribution in [3.63, 3.8) is 0 Å². The monoisotopic (exact) mass is 374 g/mol. The van der Waals surface area contributed by atoms with Gasteiger partial charge in [0.25, 0.3) is 0 Å². The minimum atomic E-state index is -1.44. The van der Waals surface area contributed by atoms with E-state index in [1.54, 1.807) is 0 Å². The van der Waals surface area contributed by atoms with E-state index in [1.807, 2.05) is 37.3 Å². The number of hydrogen-bond acceptors (Lipinski definition) is 6. The maximum absolute atomic E-state index is 12.6. The SMILES string of the molecule is CC/C(=C1/CC(C(=O)OC)(C(=O)OC)CC1CC(=O)OC)c1ccccc1. The Morgan fingerprint density at radius 2 is 1.59 bits per heavy atom. The number of ether oxygens (including phenoxy) is 3. The minimum absolute atomic E-state index is 0.0951. The summed E-state index contributed by atoms with van der Waals surface area (Å²) in [6.07, 6.45) is 1.13. The molecule has 0 radical (unpaired) electrons. The molecule has 1 aromatic carbocycles. The van der Waals surface area contributed by atoms with Crippen molar-refractivity contribution in [1.82, 2.24) is 0 Å². The van der Waals surface area contributed by atoms with Crippen LogP contribution in [-0.4, -0.2) is 39.2 Å². The molecular formula is C21H26O6. The highest BCUT2D eigenvalue weighted by molar-refractivity contribution is 6.01. The molecular weight excluding hydrogens is 348 g/mol. The molecule has 0 spiro atoms. The highest BCUT2D eigenvalue weighted by Gasteiger charge is 2.56. The molecule has 0 aromatic heterocycles. The fraction of sp³-hybridized carbons (Fsp3) is 0.476. The standard InChI is InChI=1S/C21H26O6/c1-5-16(14-9-7-6-8-10-14)17-13-21(19(23)26-3,20(24)27-4)12-15(17)11-18(22)25-2/h6-10,15H,5,11-13H2,1-4H3/b17-16+. The van der Waals surface area contributed by atoms with Gasteiger partial charge in [0, 0.05) is 0 Å². The van der Waals surface area contributed by atoms with Gasteiger partial charge in [-0.25, -0.2) is 0 Å². The van der Waals surface area contributed by atoms with Gasteiger partial charge in [-0.3, -0.25) is 14.4 Å². The first kappa shape index (κ1) is 20.7. The van der Waals surface area contributed by atoms with Gasteiger partial charge in [-0.15, -0.1) is 0 Å². The maximum atomic E-state index is 12.6. The Balaban J connectivity index is 2.61. The maximum Gasteiger partial charge on any atom is 0.323 e. The Kier molecular flexibility index (Phi) is 6.77. The minimum Gasteiger partial charge on any atom is -0.469 e. The van der Waals surface area contributed by atoms with Crippen molar-refractivity contribution in [1.29, 1.82) is 0 Å². The zero-order valence-electron chi connectivity index (χ0n) is 16.2. The lowest BCUT2D eigenvalue weighted by Gasteiger charge is -2.22. The molecule has 0 aliphatic heterocycles. The summed E-state index contributed by atoms with van der Waals surface area (Å²) in [5, 5.41) is 0. The lowest BCUT2D eigenvalue weighted by Crippen LogP contribution is -2.39. The van der Waals surface area contributed by atoms with Gasteiger partial charge < -0.3 is 14.2 Å². The van der Waals surface area contributed by atoms with E-state index >= 15 is 0 Å². The van der Waals surface area contributed by atoms with Crippen molar-refractivity contribution in [3.05, 3.63) is 41.5 Å². The van der Waals surface area contributed by atoms with Crippen molar-refractivity contribution >= 4 is 23.5 Å². The van der Waals surface area contributed by atoms with E-state index in [4.69, 9.17) is 14.2 Å². The third-order valence-electron chi connectivity index (χ3n) is 5.24. The number of esters is 3. The van der Waals surface area contributed by atoms with Gasteiger partial charge >= 0.3 is 17.9 Å². The van der Waals surface area contributed by atoms with Crippen LogP contribution >= 0.6 is 0 Å². The zero-order chi connectivity index (χ0) is 20.0. The summed E-state index contributed by atoms with van der Waals surface area (Å²) in [6, 6.07) is 9.76. The van der Waals surface area contributed by atoms with E-state index in [2.05, 4.69) is 0 Å². The number of hydrogen-bond donors (Lipinski definition) is 0. The first-order valence-corrected chi connectivity index (χ1v) is 8.94. The molecule has 6 nitrogen and oxygen atoms in total. The third kappa shape index (κ3) is 4.04. The van der Waals surface area contributed by atoms with Crippen LogP contribution in [0.2, 0.25) is 0 Å². The molecule has 0 N–H and O–H groups in total. The van der Waals surface area contributed by atoms with Gasteiger partial charge in [0.2, 0.25) is 0 Å². The molecule has 1 fully saturated rings. The van der Waals surface area contributed by atoms with Crippen LogP contribution in [0.1, 0.15) is 38.2 Å². The average Bonchev–Trinajstić information content (AvgIpc) is 3.08. The molecule has 1 unspecified atom stereocenters. The predicted molar refractivity (Wildman–Crippen MR) is 99.5 cm³/mol. The van der Waals surface area contributed by atoms with Gasteiger partial charge in [-0.05, 0) is 36.3 Å². The molecule has 0 amide bonds. The van der Waals surface area contributed by atoms with Crippen LogP contribution in [0.5, 0.6) is 0 Å². The fourth-order valence-corrected chi connectivity index (χ4v) is 3.96. The van der Waals surface area contributed by atoms with E-state index in [9.17, 15) is 14.4 Å². The average molecular weight is 374 g/mol. The van der Waals surface area contributed by atoms with E-state index in [0.29, 0.717) is 6.42 Å². The summed E-state index contributed by atoms with van der Waals surface area (Å²) in [4.78, 5) is 37.1. The van der Waals surface area contributed by atoms with Gasteiger partial charge in [0.1, 0.15) is 0 Å². The van der Waals surface area contributed by atoms with E-state index in [1.165, 1.54) is 21.3 Å². The molecule has 1 aromatic rings. The number of rotatable bonds is 6. The van der Waals surface area contributed by atoms with Crippen LogP contribution in [0, 0.1) is 11.3 Å². The van der Waals surface area contributed by atoms with E-state index < -0.39 is 17.4 Å². The molecule has 1 saturated carbocycles. The first-order chi connectivity index (χ1) is 12.9. The smallest absolute Gasteiger partial charge is 0.323 e. The Hall–Kier alpha value is -2.63. The second kappa shape index (κ2) is 8.84. The molecule has 0 saturated heterocycles. The lowest BCUT2D eigenvalue weighted by atomic mass is 9.84. The molecule has 0 bridgehead atoms. The number of carbonyl (C=O) groups excluding carboxylic acids is 3. The summed E-state index contributed by atoms with van der Waals surface area (Å²) in [6.45, 7) is 2.01. The highest BCUT2D eigenvalue weighted by atomic mass is 16.5. The molecule has 27 heavy (non-hydrogen) atoms. The van der Waals surface area contributed by atoms with E-state index in [0.717, 1.165) is 16.7 Å². The van der Waals surface area contributed by atoms with E-state index in [-0.39, 0.29) is 31.1 Å². The summed E-state index contributed by atoms with van der Waals surface area (Å²) in [5.41, 5.74) is 1.51. The number of methoxy groups -OCH3 is 3. The first-order valence-electron chi connectivity index (χ1n) is 8.94.